The molecular weight excluding hydrogens is 322 g/mol. The molecule has 0 aromatic heterocycles. The summed E-state index contributed by atoms with van der Waals surface area (Å²) in [4.78, 5) is 23.7. The van der Waals surface area contributed by atoms with Gasteiger partial charge in [0.05, 0.1) is 11.3 Å². The second-order valence-electron chi connectivity index (χ2n) is 6.19. The van der Waals surface area contributed by atoms with Gasteiger partial charge in [-0.05, 0) is 42.2 Å². The van der Waals surface area contributed by atoms with Crippen molar-refractivity contribution in [3.05, 3.63) is 53.6 Å². The van der Waals surface area contributed by atoms with Crippen molar-refractivity contribution in [2.24, 2.45) is 5.92 Å². The van der Waals surface area contributed by atoms with Crippen LogP contribution < -0.4 is 14.8 Å². The van der Waals surface area contributed by atoms with Crippen LogP contribution in [0.2, 0.25) is 0 Å². The molecule has 0 radical (unpaired) electrons. The van der Waals surface area contributed by atoms with E-state index in [2.05, 4.69) is 5.32 Å². The first-order chi connectivity index (χ1) is 12.1. The number of fused-ring (bicyclic) bond motifs is 1. The zero-order chi connectivity index (χ0) is 17.4. The van der Waals surface area contributed by atoms with E-state index >= 15 is 0 Å². The van der Waals surface area contributed by atoms with Crippen LogP contribution in [0.5, 0.6) is 11.5 Å². The van der Waals surface area contributed by atoms with E-state index in [0.29, 0.717) is 24.7 Å². The summed E-state index contributed by atoms with van der Waals surface area (Å²) in [7, 11) is 0. The Kier molecular flexibility index (Phi) is 3.80. The molecule has 1 fully saturated rings. The monoisotopic (exact) mass is 339 g/mol. The van der Waals surface area contributed by atoms with Crippen LogP contribution in [0.15, 0.2) is 42.5 Å². The van der Waals surface area contributed by atoms with E-state index in [1.165, 1.54) is 6.07 Å². The summed E-state index contributed by atoms with van der Waals surface area (Å²) >= 11 is 0. The molecule has 128 valence electrons. The number of carboxylic acids is 1. The first-order valence-electron chi connectivity index (χ1n) is 8.16. The Morgan fingerprint density at radius 2 is 1.80 bits per heavy atom. The normalized spacial score (nSPS) is 20.6. The summed E-state index contributed by atoms with van der Waals surface area (Å²) in [5.74, 6) is 0.180. The molecule has 1 saturated carbocycles. The number of hydrogen-bond acceptors (Lipinski definition) is 4. The maximum Gasteiger partial charge on any atom is 0.337 e. The lowest BCUT2D eigenvalue weighted by Crippen LogP contribution is -2.17. The molecule has 2 aromatic rings. The number of aromatic carboxylic acids is 1. The van der Waals surface area contributed by atoms with Gasteiger partial charge in [0.2, 0.25) is 5.91 Å². The predicted molar refractivity (Wildman–Crippen MR) is 90.3 cm³/mol. The second kappa shape index (κ2) is 6.12. The van der Waals surface area contributed by atoms with E-state index in [9.17, 15) is 14.7 Å². The molecule has 6 nitrogen and oxygen atoms in total. The molecule has 2 aromatic carbocycles. The largest absolute Gasteiger partial charge is 0.486 e. The number of para-hydroxylation sites is 1. The quantitative estimate of drug-likeness (QED) is 0.895. The fourth-order valence-corrected chi connectivity index (χ4v) is 3.15. The highest BCUT2D eigenvalue weighted by Gasteiger charge is 2.44. The first kappa shape index (κ1) is 15.5. The zero-order valence-electron chi connectivity index (χ0n) is 13.4. The van der Waals surface area contributed by atoms with Crippen LogP contribution in [0.3, 0.4) is 0 Å². The minimum atomic E-state index is -1.06. The number of benzene rings is 2. The summed E-state index contributed by atoms with van der Waals surface area (Å²) in [6.45, 7) is 1.07. The van der Waals surface area contributed by atoms with Crippen LogP contribution in [0.25, 0.3) is 0 Å². The van der Waals surface area contributed by atoms with Gasteiger partial charge in [-0.15, -0.1) is 0 Å². The molecule has 2 unspecified atom stereocenters. The van der Waals surface area contributed by atoms with Gasteiger partial charge in [-0.25, -0.2) is 4.79 Å². The molecule has 1 aliphatic heterocycles. The standard InChI is InChI=1S/C19H17NO5/c21-18(20-15-4-2-1-3-12(15)19(22)23)14-10-13(14)11-5-6-16-17(9-11)25-8-7-24-16/h1-6,9,13-14H,7-8,10H2,(H,20,21)(H,22,23). The van der Waals surface area contributed by atoms with Crippen LogP contribution in [0.1, 0.15) is 28.3 Å². The lowest BCUT2D eigenvalue weighted by atomic mass is 10.1. The number of carboxylic acid groups (broad SMARTS) is 1. The van der Waals surface area contributed by atoms with Crippen LogP contribution in [-0.2, 0) is 4.79 Å². The van der Waals surface area contributed by atoms with Gasteiger partial charge >= 0.3 is 5.97 Å². The highest BCUT2D eigenvalue weighted by molar-refractivity contribution is 6.02. The third-order valence-electron chi connectivity index (χ3n) is 4.54. The minimum Gasteiger partial charge on any atom is -0.486 e. The molecule has 1 heterocycles. The third-order valence-corrected chi connectivity index (χ3v) is 4.54. The van der Waals surface area contributed by atoms with Crippen molar-refractivity contribution in [3.8, 4) is 11.5 Å². The molecule has 25 heavy (non-hydrogen) atoms. The number of carbonyl (C=O) groups is 2. The molecule has 2 aliphatic rings. The molecule has 2 atom stereocenters. The van der Waals surface area contributed by atoms with Gasteiger partial charge < -0.3 is 19.9 Å². The lowest BCUT2D eigenvalue weighted by molar-refractivity contribution is -0.117. The molecule has 0 saturated heterocycles. The molecule has 2 N–H and O–H groups in total. The Balaban J connectivity index is 1.46. The van der Waals surface area contributed by atoms with Gasteiger partial charge in [-0.3, -0.25) is 4.79 Å². The summed E-state index contributed by atoms with van der Waals surface area (Å²) in [6, 6.07) is 12.2. The molecule has 0 spiro atoms. The van der Waals surface area contributed by atoms with E-state index in [4.69, 9.17) is 9.47 Å². The van der Waals surface area contributed by atoms with E-state index in [1.54, 1.807) is 18.2 Å². The minimum absolute atomic E-state index is 0.0902. The third kappa shape index (κ3) is 3.03. The molecule has 1 amide bonds. The van der Waals surface area contributed by atoms with Crippen molar-refractivity contribution < 1.29 is 24.2 Å². The maximum atomic E-state index is 12.5. The predicted octanol–water partition coefficient (Wildman–Crippen LogP) is 2.90. The Bertz CT molecular complexity index is 847. The zero-order valence-corrected chi connectivity index (χ0v) is 13.4. The highest BCUT2D eigenvalue weighted by Crippen LogP contribution is 2.49. The fraction of sp³-hybridized carbons (Fsp3) is 0.263. The SMILES string of the molecule is O=C(O)c1ccccc1NC(=O)C1CC1c1ccc2c(c1)OCCO2. The van der Waals surface area contributed by atoms with Gasteiger partial charge in [-0.2, -0.15) is 0 Å². The lowest BCUT2D eigenvalue weighted by Gasteiger charge is -2.18. The van der Waals surface area contributed by atoms with Crippen molar-refractivity contribution >= 4 is 17.6 Å². The smallest absolute Gasteiger partial charge is 0.337 e. The Morgan fingerprint density at radius 1 is 1.04 bits per heavy atom. The Labute approximate surface area is 144 Å². The van der Waals surface area contributed by atoms with E-state index in [-0.39, 0.29) is 23.3 Å². The van der Waals surface area contributed by atoms with Crippen molar-refractivity contribution in [3.63, 3.8) is 0 Å². The van der Waals surface area contributed by atoms with E-state index in [1.807, 2.05) is 18.2 Å². The number of rotatable bonds is 4. The average Bonchev–Trinajstić information content (AvgIpc) is 3.42. The van der Waals surface area contributed by atoms with E-state index < -0.39 is 5.97 Å². The molecule has 6 heteroatoms. The second-order valence-corrected chi connectivity index (χ2v) is 6.19. The van der Waals surface area contributed by atoms with Gasteiger partial charge in [0.1, 0.15) is 13.2 Å². The molecule has 4 rings (SSSR count). The van der Waals surface area contributed by atoms with E-state index in [0.717, 1.165) is 17.7 Å². The molecule has 0 bridgehead atoms. The molecular formula is C19H17NO5. The number of carbonyl (C=O) groups excluding carboxylic acids is 1. The number of anilines is 1. The van der Waals surface area contributed by atoms with Crippen LogP contribution in [-0.4, -0.2) is 30.2 Å². The summed E-state index contributed by atoms with van der Waals surface area (Å²) in [5.41, 5.74) is 1.45. The maximum absolute atomic E-state index is 12.5. The van der Waals surface area contributed by atoms with Gasteiger partial charge in [-0.1, -0.05) is 18.2 Å². The average molecular weight is 339 g/mol. The van der Waals surface area contributed by atoms with Crippen LogP contribution in [0.4, 0.5) is 5.69 Å². The van der Waals surface area contributed by atoms with Gasteiger partial charge in [0.25, 0.3) is 0 Å². The van der Waals surface area contributed by atoms with Crippen LogP contribution in [0, 0.1) is 5.92 Å². The summed E-state index contributed by atoms with van der Waals surface area (Å²) in [5, 5.41) is 11.9. The highest BCUT2D eigenvalue weighted by atomic mass is 16.6. The van der Waals surface area contributed by atoms with Crippen molar-refractivity contribution in [2.75, 3.05) is 18.5 Å². The summed E-state index contributed by atoms with van der Waals surface area (Å²) < 4.78 is 11.1. The Hall–Kier alpha value is -3.02. The van der Waals surface area contributed by atoms with Crippen molar-refractivity contribution in [1.29, 1.82) is 0 Å². The van der Waals surface area contributed by atoms with Gasteiger partial charge in [0, 0.05) is 5.92 Å². The first-order valence-corrected chi connectivity index (χ1v) is 8.16. The van der Waals surface area contributed by atoms with Crippen molar-refractivity contribution in [1.82, 2.24) is 0 Å². The molecule has 1 aliphatic carbocycles. The van der Waals surface area contributed by atoms with Crippen molar-refractivity contribution in [2.45, 2.75) is 12.3 Å². The topological polar surface area (TPSA) is 84.9 Å². The number of hydrogen-bond donors (Lipinski definition) is 2. The number of amides is 1. The Morgan fingerprint density at radius 3 is 2.60 bits per heavy atom. The summed E-state index contributed by atoms with van der Waals surface area (Å²) in [6.07, 6.45) is 0.737. The van der Waals surface area contributed by atoms with Crippen LogP contribution >= 0.6 is 0 Å². The van der Waals surface area contributed by atoms with Gasteiger partial charge in [0.15, 0.2) is 11.5 Å². The number of nitrogens with one attached hydrogen (secondary N) is 1. The fourth-order valence-electron chi connectivity index (χ4n) is 3.15. The number of ether oxygens (including phenoxy) is 2.